The van der Waals surface area contributed by atoms with Crippen molar-refractivity contribution in [3.05, 3.63) is 29.6 Å². The first-order valence-electron chi connectivity index (χ1n) is 5.10. The smallest absolute Gasteiger partial charge is 0.165 e. The Labute approximate surface area is 90.2 Å². The summed E-state index contributed by atoms with van der Waals surface area (Å²) in [6.07, 6.45) is 1.53. The number of benzene rings is 1. The van der Waals surface area contributed by atoms with Crippen LogP contribution in [0.25, 0.3) is 0 Å². The Kier molecular flexibility index (Phi) is 3.69. The van der Waals surface area contributed by atoms with Gasteiger partial charge in [0.15, 0.2) is 11.6 Å². The zero-order valence-corrected chi connectivity index (χ0v) is 9.51. The Bertz CT molecular complexity index is 336. The van der Waals surface area contributed by atoms with Gasteiger partial charge in [0.1, 0.15) is 0 Å². The maximum atomic E-state index is 13.4. The minimum absolute atomic E-state index is 0.272. The minimum Gasteiger partial charge on any atom is -0.494 e. The predicted molar refractivity (Wildman–Crippen MR) is 59.5 cm³/mol. The Hall–Kier alpha value is -1.09. The standard InChI is InChI=1S/C12H18FNO/c1-4-12(2,14)8-9-5-6-11(15-3)10(13)7-9/h5-7H,4,8,14H2,1-3H3. The van der Waals surface area contributed by atoms with Gasteiger partial charge in [-0.15, -0.1) is 0 Å². The molecule has 0 fully saturated rings. The summed E-state index contributed by atoms with van der Waals surface area (Å²) in [5.74, 6) is -0.0594. The second-order valence-corrected chi connectivity index (χ2v) is 4.15. The number of rotatable bonds is 4. The Morgan fingerprint density at radius 1 is 1.47 bits per heavy atom. The van der Waals surface area contributed by atoms with Crippen LogP contribution in [0.3, 0.4) is 0 Å². The largest absolute Gasteiger partial charge is 0.494 e. The SMILES string of the molecule is CCC(C)(N)Cc1ccc(OC)c(F)c1. The molecule has 3 heteroatoms. The average molecular weight is 211 g/mol. The van der Waals surface area contributed by atoms with Gasteiger partial charge in [-0.3, -0.25) is 0 Å². The first kappa shape index (κ1) is 12.0. The summed E-state index contributed by atoms with van der Waals surface area (Å²) in [5.41, 5.74) is 6.64. The second kappa shape index (κ2) is 4.62. The fourth-order valence-corrected chi connectivity index (χ4v) is 1.41. The van der Waals surface area contributed by atoms with Crippen LogP contribution in [0.2, 0.25) is 0 Å². The molecule has 1 aromatic rings. The van der Waals surface area contributed by atoms with E-state index < -0.39 is 0 Å². The van der Waals surface area contributed by atoms with Crippen LogP contribution in [-0.4, -0.2) is 12.6 Å². The topological polar surface area (TPSA) is 35.2 Å². The number of halogens is 1. The molecule has 1 aromatic carbocycles. The lowest BCUT2D eigenvalue weighted by atomic mass is 9.91. The van der Waals surface area contributed by atoms with E-state index in [-0.39, 0.29) is 17.1 Å². The zero-order chi connectivity index (χ0) is 11.5. The maximum absolute atomic E-state index is 13.4. The van der Waals surface area contributed by atoms with E-state index >= 15 is 0 Å². The van der Waals surface area contributed by atoms with Crippen molar-refractivity contribution in [3.63, 3.8) is 0 Å². The van der Waals surface area contributed by atoms with Crippen molar-refractivity contribution >= 4 is 0 Å². The van der Waals surface area contributed by atoms with Crippen LogP contribution < -0.4 is 10.5 Å². The number of ether oxygens (including phenoxy) is 1. The first-order valence-corrected chi connectivity index (χ1v) is 5.10. The molecule has 2 nitrogen and oxygen atoms in total. The molecule has 0 saturated heterocycles. The van der Waals surface area contributed by atoms with Crippen molar-refractivity contribution in [2.24, 2.45) is 5.73 Å². The molecule has 0 aromatic heterocycles. The van der Waals surface area contributed by atoms with E-state index in [2.05, 4.69) is 0 Å². The molecule has 0 bridgehead atoms. The highest BCUT2D eigenvalue weighted by Crippen LogP contribution is 2.21. The van der Waals surface area contributed by atoms with Crippen molar-refractivity contribution in [1.29, 1.82) is 0 Å². The second-order valence-electron chi connectivity index (χ2n) is 4.15. The molecule has 0 aliphatic heterocycles. The van der Waals surface area contributed by atoms with Gasteiger partial charge in [-0.25, -0.2) is 4.39 Å². The highest BCUT2D eigenvalue weighted by atomic mass is 19.1. The first-order chi connectivity index (χ1) is 6.98. The summed E-state index contributed by atoms with van der Waals surface area (Å²) in [7, 11) is 1.46. The van der Waals surface area contributed by atoms with Crippen LogP contribution in [0, 0.1) is 5.82 Å². The third kappa shape index (κ3) is 3.20. The van der Waals surface area contributed by atoms with Crippen LogP contribution in [0.15, 0.2) is 18.2 Å². The molecule has 1 rings (SSSR count). The molecule has 1 atom stereocenters. The molecule has 0 saturated carbocycles. The average Bonchev–Trinajstić information content (AvgIpc) is 2.17. The van der Waals surface area contributed by atoms with E-state index in [1.165, 1.54) is 13.2 Å². The number of hydrogen-bond acceptors (Lipinski definition) is 2. The number of hydrogen-bond donors (Lipinski definition) is 1. The van der Waals surface area contributed by atoms with Crippen molar-refractivity contribution in [3.8, 4) is 5.75 Å². The van der Waals surface area contributed by atoms with E-state index in [4.69, 9.17) is 10.5 Å². The molecule has 15 heavy (non-hydrogen) atoms. The molecule has 2 N–H and O–H groups in total. The lowest BCUT2D eigenvalue weighted by Crippen LogP contribution is -2.37. The van der Waals surface area contributed by atoms with Crippen LogP contribution in [0.1, 0.15) is 25.8 Å². The highest BCUT2D eigenvalue weighted by molar-refractivity contribution is 5.30. The van der Waals surface area contributed by atoms with Crippen LogP contribution in [0.4, 0.5) is 4.39 Å². The third-order valence-electron chi connectivity index (χ3n) is 2.63. The molecule has 0 amide bonds. The molecule has 0 aliphatic rings. The third-order valence-corrected chi connectivity index (χ3v) is 2.63. The van der Waals surface area contributed by atoms with Gasteiger partial charge in [0.05, 0.1) is 7.11 Å². The predicted octanol–water partition coefficient (Wildman–Crippen LogP) is 2.50. The van der Waals surface area contributed by atoms with Gasteiger partial charge in [0, 0.05) is 5.54 Å². The van der Waals surface area contributed by atoms with E-state index in [1.807, 2.05) is 19.9 Å². The van der Waals surface area contributed by atoms with Crippen molar-refractivity contribution in [1.82, 2.24) is 0 Å². The molecule has 0 heterocycles. The van der Waals surface area contributed by atoms with E-state index in [0.29, 0.717) is 6.42 Å². The Balaban J connectivity index is 2.84. The highest BCUT2D eigenvalue weighted by Gasteiger charge is 2.17. The van der Waals surface area contributed by atoms with Crippen molar-refractivity contribution < 1.29 is 9.13 Å². The number of methoxy groups -OCH3 is 1. The van der Waals surface area contributed by atoms with E-state index in [1.54, 1.807) is 6.07 Å². The van der Waals surface area contributed by atoms with Gasteiger partial charge in [0.2, 0.25) is 0 Å². The summed E-state index contributed by atoms with van der Waals surface area (Å²) in [6, 6.07) is 4.97. The fraction of sp³-hybridized carbons (Fsp3) is 0.500. The van der Waals surface area contributed by atoms with Gasteiger partial charge in [-0.05, 0) is 37.5 Å². The van der Waals surface area contributed by atoms with Gasteiger partial charge in [-0.2, -0.15) is 0 Å². The zero-order valence-electron chi connectivity index (χ0n) is 9.51. The molecule has 0 spiro atoms. The van der Waals surface area contributed by atoms with Crippen LogP contribution in [0.5, 0.6) is 5.75 Å². The van der Waals surface area contributed by atoms with E-state index in [9.17, 15) is 4.39 Å². The summed E-state index contributed by atoms with van der Waals surface area (Å²) >= 11 is 0. The van der Waals surface area contributed by atoms with Crippen molar-refractivity contribution in [2.45, 2.75) is 32.2 Å². The van der Waals surface area contributed by atoms with Gasteiger partial charge in [-0.1, -0.05) is 13.0 Å². The quantitative estimate of drug-likeness (QED) is 0.830. The van der Waals surface area contributed by atoms with Gasteiger partial charge >= 0.3 is 0 Å². The maximum Gasteiger partial charge on any atom is 0.165 e. The lowest BCUT2D eigenvalue weighted by Gasteiger charge is -2.22. The molecular formula is C12H18FNO. The molecule has 84 valence electrons. The summed E-state index contributed by atoms with van der Waals surface area (Å²) in [4.78, 5) is 0. The Morgan fingerprint density at radius 3 is 2.60 bits per heavy atom. The summed E-state index contributed by atoms with van der Waals surface area (Å²) in [6.45, 7) is 4.00. The molecule has 0 aliphatic carbocycles. The fourth-order valence-electron chi connectivity index (χ4n) is 1.41. The van der Waals surface area contributed by atoms with Crippen LogP contribution >= 0.6 is 0 Å². The van der Waals surface area contributed by atoms with Crippen LogP contribution in [-0.2, 0) is 6.42 Å². The van der Waals surface area contributed by atoms with E-state index in [0.717, 1.165) is 12.0 Å². The monoisotopic (exact) mass is 211 g/mol. The molecule has 0 radical (unpaired) electrons. The van der Waals surface area contributed by atoms with Gasteiger partial charge < -0.3 is 10.5 Å². The Morgan fingerprint density at radius 2 is 2.13 bits per heavy atom. The molecule has 1 unspecified atom stereocenters. The summed E-state index contributed by atoms with van der Waals surface area (Å²) in [5, 5.41) is 0. The summed E-state index contributed by atoms with van der Waals surface area (Å²) < 4.78 is 18.2. The van der Waals surface area contributed by atoms with Crippen molar-refractivity contribution in [2.75, 3.05) is 7.11 Å². The number of nitrogens with two attached hydrogens (primary N) is 1. The van der Waals surface area contributed by atoms with Gasteiger partial charge in [0.25, 0.3) is 0 Å². The minimum atomic E-state index is -0.332. The molecular weight excluding hydrogens is 193 g/mol. The lowest BCUT2D eigenvalue weighted by molar-refractivity contribution is 0.385. The normalized spacial score (nSPS) is 14.7.